The van der Waals surface area contributed by atoms with Gasteiger partial charge >= 0.3 is 0 Å². The summed E-state index contributed by atoms with van der Waals surface area (Å²) < 4.78 is 124. The SMILES string of the molecule is [2H]c1c([2H])c([2H])c(-c2c3c([2H])c([2H])c([2H])c([2H])c3c(-c3c(-c4cccc5ccccc45)oc4c(-c5ccccc5)cccc34)c3c([2H])c([2H])c([2H])c([2H])c23)c([2H])c1[2H]. The molecule has 0 radical (unpaired) electrons. The van der Waals surface area contributed by atoms with Crippen molar-refractivity contribution >= 4 is 43.3 Å². The summed E-state index contributed by atoms with van der Waals surface area (Å²) in [4.78, 5) is 0. The first kappa shape index (κ1) is 15.7. The van der Waals surface area contributed by atoms with Gasteiger partial charge in [-0.05, 0) is 49.0 Å². The molecule has 0 saturated heterocycles. The minimum Gasteiger partial charge on any atom is -0.455 e. The third-order valence-electron chi connectivity index (χ3n) is 8.21. The number of hydrogen-bond acceptors (Lipinski definition) is 1. The van der Waals surface area contributed by atoms with Gasteiger partial charge in [-0.15, -0.1) is 0 Å². The van der Waals surface area contributed by atoms with E-state index in [1.54, 1.807) is 6.07 Å². The van der Waals surface area contributed by atoms with Crippen molar-refractivity contribution in [2.45, 2.75) is 0 Å². The predicted molar refractivity (Wildman–Crippen MR) is 190 cm³/mol. The first-order chi connectivity index (χ1) is 27.8. The van der Waals surface area contributed by atoms with Crippen molar-refractivity contribution in [1.82, 2.24) is 0 Å². The summed E-state index contributed by atoms with van der Waals surface area (Å²) in [6.45, 7) is 0. The minimum absolute atomic E-state index is 0.00649. The molecule has 0 aliphatic heterocycles. The monoisotopic (exact) mass is 585 g/mol. The van der Waals surface area contributed by atoms with Gasteiger partial charge in [-0.1, -0.05) is 170 Å². The van der Waals surface area contributed by atoms with Gasteiger partial charge in [0.1, 0.15) is 11.3 Å². The molecule has 0 unspecified atom stereocenters. The quantitative estimate of drug-likeness (QED) is 0.187. The minimum atomic E-state index is -0.726. The normalized spacial score (nSPS) is 15.6. The maximum absolute atomic E-state index is 9.53. The van der Waals surface area contributed by atoms with E-state index in [2.05, 4.69) is 0 Å². The highest BCUT2D eigenvalue weighted by atomic mass is 16.3. The van der Waals surface area contributed by atoms with E-state index in [4.69, 9.17) is 16.8 Å². The number of hydrogen-bond donors (Lipinski definition) is 0. The third-order valence-corrected chi connectivity index (χ3v) is 8.21. The molecule has 0 N–H and O–H groups in total. The number of furan rings is 1. The fourth-order valence-electron chi connectivity index (χ4n) is 6.33. The smallest absolute Gasteiger partial charge is 0.143 e. The van der Waals surface area contributed by atoms with Crippen LogP contribution in [0.3, 0.4) is 0 Å². The largest absolute Gasteiger partial charge is 0.455 e. The molecule has 1 heteroatoms. The molecule has 0 aliphatic carbocycles. The van der Waals surface area contributed by atoms with Crippen LogP contribution in [0.15, 0.2) is 174 Å². The molecule has 210 valence electrons. The zero-order valence-electron chi connectivity index (χ0n) is 36.6. The number of rotatable bonds is 4. The van der Waals surface area contributed by atoms with Crippen molar-refractivity contribution in [3.8, 4) is 44.7 Å². The molecule has 0 saturated carbocycles. The Hall–Kier alpha value is -5.92. The van der Waals surface area contributed by atoms with E-state index in [0.29, 0.717) is 22.1 Å². The molecule has 0 fully saturated rings. The van der Waals surface area contributed by atoms with E-state index in [1.165, 1.54) is 0 Å². The Morgan fingerprint density at radius 3 is 1.67 bits per heavy atom. The van der Waals surface area contributed by atoms with E-state index >= 15 is 0 Å². The van der Waals surface area contributed by atoms with E-state index < -0.39 is 84.1 Å². The molecule has 8 aromatic carbocycles. The van der Waals surface area contributed by atoms with Crippen molar-refractivity contribution in [3.63, 3.8) is 0 Å². The lowest BCUT2D eigenvalue weighted by molar-refractivity contribution is 0.634. The van der Waals surface area contributed by atoms with Gasteiger partial charge in [0.05, 0.1) is 17.8 Å². The Kier molecular flexibility index (Phi) is 3.62. The van der Waals surface area contributed by atoms with Gasteiger partial charge in [-0.2, -0.15) is 0 Å². The van der Waals surface area contributed by atoms with Gasteiger partial charge in [0.15, 0.2) is 0 Å². The Morgan fingerprint density at radius 2 is 0.933 bits per heavy atom. The Labute approximate surface area is 279 Å². The van der Waals surface area contributed by atoms with Crippen molar-refractivity contribution in [2.75, 3.05) is 0 Å². The molecular formula is C44H28O. The second kappa shape index (κ2) is 10.4. The summed E-state index contributed by atoms with van der Waals surface area (Å²) in [7, 11) is 0. The number of fused-ring (bicyclic) bond motifs is 4. The van der Waals surface area contributed by atoms with Gasteiger partial charge in [0, 0.05) is 27.6 Å². The summed E-state index contributed by atoms with van der Waals surface area (Å²) in [5.74, 6) is 0.258. The zero-order valence-corrected chi connectivity index (χ0v) is 23.6. The highest BCUT2D eigenvalue weighted by Gasteiger charge is 2.26. The lowest BCUT2D eigenvalue weighted by Gasteiger charge is -2.18. The van der Waals surface area contributed by atoms with E-state index in [0.717, 1.165) is 16.3 Å². The molecule has 9 aromatic rings. The van der Waals surface area contributed by atoms with Crippen LogP contribution < -0.4 is 0 Å². The van der Waals surface area contributed by atoms with Crippen LogP contribution in [0.25, 0.3) is 88.0 Å². The molecule has 9 rings (SSSR count). The summed E-state index contributed by atoms with van der Waals surface area (Å²) in [5.41, 5.74) is 1.99. The average molecular weight is 586 g/mol. The van der Waals surface area contributed by atoms with Crippen molar-refractivity contribution in [3.05, 3.63) is 170 Å². The first-order valence-electron chi connectivity index (χ1n) is 20.9. The van der Waals surface area contributed by atoms with Crippen LogP contribution in [0.2, 0.25) is 0 Å². The predicted octanol–water partition coefficient (Wildman–Crippen LogP) is 12.6. The molecule has 1 heterocycles. The molecule has 0 spiro atoms. The highest BCUT2D eigenvalue weighted by Crippen LogP contribution is 2.51. The summed E-state index contributed by atoms with van der Waals surface area (Å²) >= 11 is 0. The van der Waals surface area contributed by atoms with Crippen LogP contribution in [0.5, 0.6) is 0 Å². The number of benzene rings is 8. The Balaban J connectivity index is 1.64. The first-order valence-corrected chi connectivity index (χ1v) is 14.4. The van der Waals surface area contributed by atoms with E-state index in [-0.39, 0.29) is 44.0 Å². The van der Waals surface area contributed by atoms with Crippen LogP contribution >= 0.6 is 0 Å². The maximum atomic E-state index is 9.53. The second-order valence-electron chi connectivity index (χ2n) is 10.6. The Bertz CT molecular complexity index is 3150. The molecule has 45 heavy (non-hydrogen) atoms. The summed E-state index contributed by atoms with van der Waals surface area (Å²) in [6.07, 6.45) is 0. The summed E-state index contributed by atoms with van der Waals surface area (Å²) in [5, 5.41) is 1.19. The molecule has 0 bridgehead atoms. The van der Waals surface area contributed by atoms with Gasteiger partial charge in [0.25, 0.3) is 0 Å². The average Bonchev–Trinajstić information content (AvgIpc) is 3.63. The molecular weight excluding hydrogens is 544 g/mol. The van der Waals surface area contributed by atoms with Crippen LogP contribution in [0.4, 0.5) is 0 Å². The van der Waals surface area contributed by atoms with Crippen LogP contribution in [0, 0.1) is 0 Å². The number of para-hydroxylation sites is 1. The highest BCUT2D eigenvalue weighted by molar-refractivity contribution is 6.25. The Morgan fingerprint density at radius 1 is 0.378 bits per heavy atom. The van der Waals surface area contributed by atoms with Crippen molar-refractivity contribution in [2.24, 2.45) is 0 Å². The van der Waals surface area contributed by atoms with Gasteiger partial charge in [0.2, 0.25) is 0 Å². The van der Waals surface area contributed by atoms with Crippen molar-refractivity contribution < 1.29 is 22.2 Å². The lowest BCUT2D eigenvalue weighted by atomic mass is 9.84. The van der Waals surface area contributed by atoms with Crippen LogP contribution in [-0.4, -0.2) is 0 Å². The third kappa shape index (κ3) is 4.02. The maximum Gasteiger partial charge on any atom is 0.143 e. The summed E-state index contributed by atoms with van der Waals surface area (Å²) in [6, 6.07) is 19.6. The molecule has 0 aliphatic rings. The van der Waals surface area contributed by atoms with E-state index in [9.17, 15) is 5.48 Å². The van der Waals surface area contributed by atoms with Gasteiger partial charge < -0.3 is 4.42 Å². The molecule has 1 nitrogen and oxygen atoms in total. The second-order valence-corrected chi connectivity index (χ2v) is 10.6. The molecule has 0 atom stereocenters. The lowest BCUT2D eigenvalue weighted by Crippen LogP contribution is -1.91. The van der Waals surface area contributed by atoms with E-state index in [1.807, 2.05) is 84.9 Å². The molecule has 0 amide bonds. The molecule has 1 aromatic heterocycles. The van der Waals surface area contributed by atoms with Gasteiger partial charge in [-0.3, -0.25) is 0 Å². The van der Waals surface area contributed by atoms with Crippen LogP contribution in [-0.2, 0) is 0 Å². The van der Waals surface area contributed by atoms with Crippen LogP contribution in [0.1, 0.15) is 17.8 Å². The topological polar surface area (TPSA) is 13.1 Å². The zero-order chi connectivity index (χ0) is 41.1. The van der Waals surface area contributed by atoms with Crippen molar-refractivity contribution in [1.29, 1.82) is 0 Å². The standard InChI is InChI=1S/C44H28O/c1-3-15-30(16-4-1)33-26-14-28-39-42(44(45-43(33)39)38-27-13-20-29-17-7-8-21-32(29)38)41-36-24-11-9-22-34(36)40(31-18-5-2-6-19-31)35-23-10-12-25-37(35)41/h1-28H/i2D,5D,6D,9D,10D,11D,12D,18D,19D,22D,23D,24D,25D. The van der Waals surface area contributed by atoms with Gasteiger partial charge in [-0.25, -0.2) is 0 Å². The fraction of sp³-hybridized carbons (Fsp3) is 0. The fourth-order valence-corrected chi connectivity index (χ4v) is 6.33.